The first kappa shape index (κ1) is 24.2. The summed E-state index contributed by atoms with van der Waals surface area (Å²) in [5, 5.41) is 2.83. The fourth-order valence-corrected chi connectivity index (χ4v) is 5.87. The molecule has 0 saturated heterocycles. The number of nitrogens with two attached hydrogens (primary N) is 1. The highest BCUT2D eigenvalue weighted by atomic mass is 35.5. The van der Waals surface area contributed by atoms with Crippen LogP contribution in [0.25, 0.3) is 33.5 Å². The van der Waals surface area contributed by atoms with Gasteiger partial charge in [-0.2, -0.15) is 4.39 Å². The molecule has 0 saturated carbocycles. The van der Waals surface area contributed by atoms with Crippen LogP contribution in [0.2, 0.25) is 5.02 Å². The molecule has 1 atom stereocenters. The molecule has 8 nitrogen and oxygen atoms in total. The molecule has 11 heteroatoms. The molecule has 0 radical (unpaired) electrons. The van der Waals surface area contributed by atoms with E-state index in [-0.39, 0.29) is 33.1 Å². The molecular weight excluding hydrogens is 538 g/mol. The number of nitrogen functional groups attached to an aromatic ring is 1. The first-order valence-electron chi connectivity index (χ1n) is 12.5. The molecule has 5 heterocycles. The Labute approximate surface area is 230 Å². The summed E-state index contributed by atoms with van der Waals surface area (Å²) in [7, 11) is 0. The lowest BCUT2D eigenvalue weighted by Gasteiger charge is -2.24. The first-order valence-corrected chi connectivity index (χ1v) is 12.8. The van der Waals surface area contributed by atoms with Crippen LogP contribution in [0, 0.1) is 11.8 Å². The minimum absolute atomic E-state index is 0.0500. The zero-order valence-corrected chi connectivity index (χ0v) is 21.4. The van der Waals surface area contributed by atoms with Gasteiger partial charge in [0, 0.05) is 34.1 Å². The van der Waals surface area contributed by atoms with Gasteiger partial charge in [0.05, 0.1) is 34.1 Å². The lowest BCUT2D eigenvalue weighted by molar-refractivity contribution is 0.102. The molecule has 198 valence electrons. The van der Waals surface area contributed by atoms with Gasteiger partial charge in [-0.1, -0.05) is 35.9 Å². The number of anilines is 2. The maximum absolute atomic E-state index is 15.7. The average molecular weight is 557 g/mol. The lowest BCUT2D eigenvalue weighted by Crippen LogP contribution is -2.28. The Morgan fingerprint density at radius 1 is 0.975 bits per heavy atom. The van der Waals surface area contributed by atoms with Crippen LogP contribution in [-0.2, 0) is 6.42 Å². The van der Waals surface area contributed by atoms with Gasteiger partial charge in [0.15, 0.2) is 0 Å². The van der Waals surface area contributed by atoms with Crippen LogP contribution in [0.4, 0.5) is 20.3 Å². The molecule has 3 aromatic heterocycles. The Bertz CT molecular complexity index is 1950. The molecule has 7 rings (SSSR count). The van der Waals surface area contributed by atoms with Crippen molar-refractivity contribution in [3.8, 4) is 33.5 Å². The van der Waals surface area contributed by atoms with Gasteiger partial charge < -0.3 is 20.6 Å². The normalized spacial score (nSPS) is 15.4. The molecule has 0 bridgehead atoms. The number of hydrogen-bond acceptors (Lipinski definition) is 5. The van der Waals surface area contributed by atoms with Crippen molar-refractivity contribution in [3.63, 3.8) is 0 Å². The van der Waals surface area contributed by atoms with Gasteiger partial charge in [-0.3, -0.25) is 9.59 Å². The Morgan fingerprint density at radius 3 is 2.60 bits per heavy atom. The molecule has 2 aliphatic rings. The van der Waals surface area contributed by atoms with Crippen molar-refractivity contribution in [3.05, 3.63) is 105 Å². The summed E-state index contributed by atoms with van der Waals surface area (Å²) in [4.78, 5) is 38.5. The summed E-state index contributed by atoms with van der Waals surface area (Å²) in [5.41, 5.74) is 8.23. The molecule has 0 spiro atoms. The van der Waals surface area contributed by atoms with Crippen LogP contribution in [-0.4, -0.2) is 25.4 Å². The van der Waals surface area contributed by atoms with Gasteiger partial charge in [-0.25, -0.2) is 14.4 Å². The zero-order chi connectivity index (χ0) is 27.7. The summed E-state index contributed by atoms with van der Waals surface area (Å²) < 4.78 is 31.6. The number of rotatable bonds is 2. The Balaban J connectivity index is 1.42. The topological polar surface area (TPSA) is 119 Å². The molecule has 2 aliphatic heterocycles. The predicted molar refractivity (Wildman–Crippen MR) is 147 cm³/mol. The van der Waals surface area contributed by atoms with E-state index in [1.165, 1.54) is 35.0 Å². The molecule has 2 aromatic carbocycles. The molecular formula is C29H19ClF2N6O2. The Morgan fingerprint density at radius 2 is 1.77 bits per heavy atom. The molecule has 0 aliphatic carbocycles. The number of aromatic nitrogens is 4. The van der Waals surface area contributed by atoms with E-state index in [0.29, 0.717) is 46.9 Å². The summed E-state index contributed by atoms with van der Waals surface area (Å²) in [6, 6.07) is 13.9. The number of pyridine rings is 2. The number of fused-ring (bicyclic) bond motifs is 7. The number of nitrogens with zero attached hydrogens (tertiary/aromatic N) is 3. The van der Waals surface area contributed by atoms with Crippen molar-refractivity contribution < 1.29 is 13.6 Å². The highest BCUT2D eigenvalue weighted by Crippen LogP contribution is 2.45. The minimum Gasteiger partial charge on any atom is -0.384 e. The van der Waals surface area contributed by atoms with E-state index >= 15 is 4.39 Å². The number of carbonyl (C=O) groups excluding carboxylic acids is 1. The number of nitrogens with one attached hydrogen (secondary N) is 2. The van der Waals surface area contributed by atoms with Crippen LogP contribution in [0.1, 0.15) is 34.3 Å². The quantitative estimate of drug-likeness (QED) is 0.245. The van der Waals surface area contributed by atoms with Crippen molar-refractivity contribution >= 4 is 29.0 Å². The number of para-hydroxylation sites is 1. The van der Waals surface area contributed by atoms with Crippen LogP contribution in [0.15, 0.2) is 65.6 Å². The maximum atomic E-state index is 15.7. The number of halogens is 3. The number of H-pyrrole nitrogens is 1. The Kier molecular flexibility index (Phi) is 5.36. The van der Waals surface area contributed by atoms with Gasteiger partial charge in [0.25, 0.3) is 11.5 Å². The average Bonchev–Trinajstić information content (AvgIpc) is 3.58. The molecule has 4 N–H and O–H groups in total. The maximum Gasteiger partial charge on any atom is 0.258 e. The number of hydrogen-bond donors (Lipinski definition) is 3. The van der Waals surface area contributed by atoms with Crippen molar-refractivity contribution in [2.45, 2.75) is 18.9 Å². The fraction of sp³-hybridized carbons (Fsp3) is 0.103. The predicted octanol–water partition coefficient (Wildman–Crippen LogP) is 5.58. The minimum atomic E-state index is -0.753. The molecule has 5 aromatic rings. The number of imidazole rings is 1. The van der Waals surface area contributed by atoms with Crippen molar-refractivity contribution in [2.24, 2.45) is 0 Å². The van der Waals surface area contributed by atoms with Crippen LogP contribution < -0.4 is 16.6 Å². The van der Waals surface area contributed by atoms with E-state index < -0.39 is 29.3 Å². The molecule has 40 heavy (non-hydrogen) atoms. The van der Waals surface area contributed by atoms with E-state index in [4.69, 9.17) is 17.3 Å². The second kappa shape index (κ2) is 8.85. The third-order valence-corrected chi connectivity index (χ3v) is 7.74. The molecule has 1 amide bonds. The van der Waals surface area contributed by atoms with E-state index in [2.05, 4.69) is 20.3 Å². The monoisotopic (exact) mass is 556 g/mol. The van der Waals surface area contributed by atoms with Crippen molar-refractivity contribution in [1.82, 2.24) is 19.5 Å². The second-order valence-electron chi connectivity index (χ2n) is 9.68. The SMILES string of the molecule is Nc1ccc(-c2cnc([C@H]3CCc4c5c(cc(=O)n43)-c3c(ccc(Cl)c3F)-c3ccccc3NC5=O)[nH]2)c(F)n1. The zero-order valence-electron chi connectivity index (χ0n) is 20.6. The standard InChI is InChI=1S/C29H19ClF2N6O2/c30-17-7-5-14-13-3-1-2-4-18(13)36-29(40)25-16(24(14)26(17)31)11-23(39)38-20(25)8-9-21(38)28-34-12-19(35-28)15-6-10-22(33)37-27(15)32/h1-7,10-12,21H,8-9H2,(H2,33,37)(H,34,35)(H,36,40)/t21-/m1/s1. The highest BCUT2D eigenvalue weighted by molar-refractivity contribution is 6.31. The van der Waals surface area contributed by atoms with Crippen molar-refractivity contribution in [2.75, 3.05) is 11.1 Å². The summed E-state index contributed by atoms with van der Waals surface area (Å²) in [5.74, 6) is -1.46. The summed E-state index contributed by atoms with van der Waals surface area (Å²) >= 11 is 6.19. The Hall–Kier alpha value is -4.83. The van der Waals surface area contributed by atoms with Crippen LogP contribution in [0.5, 0.6) is 0 Å². The van der Waals surface area contributed by atoms with Gasteiger partial charge in [-0.05, 0) is 42.7 Å². The number of aromatic amines is 1. The van der Waals surface area contributed by atoms with E-state index in [9.17, 15) is 14.0 Å². The molecule has 0 fully saturated rings. The third-order valence-electron chi connectivity index (χ3n) is 7.45. The lowest BCUT2D eigenvalue weighted by atomic mass is 9.88. The fourth-order valence-electron chi connectivity index (χ4n) is 5.72. The van der Waals surface area contributed by atoms with Gasteiger partial charge in [-0.15, -0.1) is 0 Å². The third kappa shape index (κ3) is 3.56. The summed E-state index contributed by atoms with van der Waals surface area (Å²) in [6.07, 6.45) is 2.25. The van der Waals surface area contributed by atoms with Crippen LogP contribution >= 0.6 is 11.6 Å². The summed E-state index contributed by atoms with van der Waals surface area (Å²) in [6.45, 7) is 0. The van der Waals surface area contributed by atoms with E-state index in [1.807, 2.05) is 0 Å². The van der Waals surface area contributed by atoms with Crippen LogP contribution in [0.3, 0.4) is 0 Å². The molecule has 0 unspecified atom stereocenters. The second-order valence-corrected chi connectivity index (χ2v) is 10.1. The number of benzene rings is 2. The van der Waals surface area contributed by atoms with Gasteiger partial charge in [0.1, 0.15) is 17.5 Å². The first-order chi connectivity index (χ1) is 19.3. The smallest absolute Gasteiger partial charge is 0.258 e. The van der Waals surface area contributed by atoms with Crippen molar-refractivity contribution in [1.29, 1.82) is 0 Å². The van der Waals surface area contributed by atoms with E-state index in [0.717, 1.165) is 0 Å². The number of carbonyl (C=O) groups is 1. The highest BCUT2D eigenvalue weighted by Gasteiger charge is 2.35. The van der Waals surface area contributed by atoms with Gasteiger partial charge in [0.2, 0.25) is 5.95 Å². The number of amides is 1. The van der Waals surface area contributed by atoms with E-state index in [1.54, 1.807) is 30.3 Å². The van der Waals surface area contributed by atoms with Gasteiger partial charge >= 0.3 is 0 Å². The largest absolute Gasteiger partial charge is 0.384 e.